The maximum Gasteiger partial charge on any atom is 0.325 e. The lowest BCUT2D eigenvalue weighted by molar-refractivity contribution is -0.133. The zero-order valence-electron chi connectivity index (χ0n) is 16.5. The lowest BCUT2D eigenvalue weighted by atomic mass is 9.73. The molecule has 146 valence electrons. The van der Waals surface area contributed by atoms with Crippen molar-refractivity contribution >= 4 is 23.4 Å². The number of nitrogens with one attached hydrogen (secondary N) is 1. The molecule has 0 unspecified atom stereocenters. The van der Waals surface area contributed by atoms with E-state index in [9.17, 15) is 14.4 Å². The molecule has 1 saturated heterocycles. The van der Waals surface area contributed by atoms with Crippen LogP contribution in [0.1, 0.15) is 56.8 Å². The number of amides is 3. The van der Waals surface area contributed by atoms with Gasteiger partial charge in [-0.05, 0) is 56.9 Å². The number of ketones is 1. The fourth-order valence-corrected chi connectivity index (χ4v) is 4.32. The molecule has 0 bridgehead atoms. The highest BCUT2D eigenvalue weighted by Crippen LogP contribution is 2.38. The Balaban J connectivity index is 1.72. The Hall–Kier alpha value is -2.37. The van der Waals surface area contributed by atoms with Crippen molar-refractivity contribution in [3.8, 4) is 0 Å². The molecule has 2 atom stereocenters. The van der Waals surface area contributed by atoms with Gasteiger partial charge >= 0.3 is 6.03 Å². The summed E-state index contributed by atoms with van der Waals surface area (Å²) in [5, 5.41) is 2.89. The molecule has 1 aliphatic heterocycles. The van der Waals surface area contributed by atoms with E-state index in [1.165, 1.54) is 0 Å². The van der Waals surface area contributed by atoms with Gasteiger partial charge in [0, 0.05) is 24.3 Å². The Labute approximate surface area is 160 Å². The molecule has 27 heavy (non-hydrogen) atoms. The van der Waals surface area contributed by atoms with Crippen molar-refractivity contribution in [3.63, 3.8) is 0 Å². The van der Waals surface area contributed by atoms with Crippen molar-refractivity contribution in [2.45, 2.75) is 52.0 Å². The van der Waals surface area contributed by atoms with Gasteiger partial charge in [-0.15, -0.1) is 0 Å². The molecule has 3 amide bonds. The van der Waals surface area contributed by atoms with Crippen LogP contribution in [0.2, 0.25) is 0 Å². The van der Waals surface area contributed by atoms with E-state index in [-0.39, 0.29) is 24.2 Å². The van der Waals surface area contributed by atoms with E-state index in [4.69, 9.17) is 0 Å². The number of hydrogen-bond donors (Lipinski definition) is 1. The number of carbonyl (C=O) groups is 3. The Bertz CT molecular complexity index is 727. The minimum absolute atomic E-state index is 0.0937. The summed E-state index contributed by atoms with van der Waals surface area (Å²) in [6, 6.07) is 6.93. The summed E-state index contributed by atoms with van der Waals surface area (Å²) in [5.74, 6) is -0.367. The molecule has 0 aromatic heterocycles. The van der Waals surface area contributed by atoms with Crippen LogP contribution in [0.25, 0.3) is 0 Å². The first-order chi connectivity index (χ1) is 12.9. The largest absolute Gasteiger partial charge is 0.372 e. The molecule has 1 aromatic carbocycles. The maximum absolute atomic E-state index is 13.0. The Kier molecular flexibility index (Phi) is 5.53. The third-order valence-corrected chi connectivity index (χ3v) is 6.12. The standard InChI is InChI=1S/C21H29N3O3/c1-4-23(5-2)17-11-9-16(10-12-17)18(25)14-24-19(26)21(22-20(24)27)13-7-6-8-15(21)3/h9-12,15H,4-8,13-14H2,1-3H3,(H,22,27)/t15-,21-/m1/s1. The first-order valence-corrected chi connectivity index (χ1v) is 9.95. The molecule has 1 heterocycles. The minimum atomic E-state index is -0.817. The highest BCUT2D eigenvalue weighted by atomic mass is 16.2. The van der Waals surface area contributed by atoms with Gasteiger partial charge in [0.2, 0.25) is 0 Å². The Morgan fingerprint density at radius 3 is 2.44 bits per heavy atom. The fraction of sp³-hybridized carbons (Fsp3) is 0.571. The van der Waals surface area contributed by atoms with E-state index in [1.807, 2.05) is 19.1 Å². The first kappa shape index (κ1) is 19.4. The van der Waals surface area contributed by atoms with Crippen molar-refractivity contribution < 1.29 is 14.4 Å². The third kappa shape index (κ3) is 3.45. The second kappa shape index (κ2) is 7.71. The van der Waals surface area contributed by atoms with Gasteiger partial charge in [0.25, 0.3) is 5.91 Å². The predicted octanol–water partition coefficient (Wildman–Crippen LogP) is 3.22. The zero-order valence-corrected chi connectivity index (χ0v) is 16.5. The van der Waals surface area contributed by atoms with Gasteiger partial charge in [-0.25, -0.2) is 4.79 Å². The lowest BCUT2D eigenvalue weighted by Crippen LogP contribution is -2.54. The smallest absolute Gasteiger partial charge is 0.325 e. The van der Waals surface area contributed by atoms with Crippen LogP contribution < -0.4 is 10.2 Å². The molecule has 1 spiro atoms. The van der Waals surface area contributed by atoms with E-state index >= 15 is 0 Å². The van der Waals surface area contributed by atoms with E-state index in [0.29, 0.717) is 12.0 Å². The highest BCUT2D eigenvalue weighted by molar-refractivity contribution is 6.11. The molecule has 0 radical (unpaired) electrons. The number of rotatable bonds is 6. The molecule has 1 aliphatic carbocycles. The number of nitrogens with zero attached hydrogens (tertiary/aromatic N) is 2. The number of imide groups is 1. The topological polar surface area (TPSA) is 69.7 Å². The second-order valence-electron chi connectivity index (χ2n) is 7.58. The monoisotopic (exact) mass is 371 g/mol. The number of benzene rings is 1. The van der Waals surface area contributed by atoms with Gasteiger partial charge in [0.1, 0.15) is 5.54 Å². The molecule has 6 heteroatoms. The first-order valence-electron chi connectivity index (χ1n) is 9.95. The van der Waals surface area contributed by atoms with Crippen LogP contribution in [0.15, 0.2) is 24.3 Å². The molecular formula is C21H29N3O3. The van der Waals surface area contributed by atoms with E-state index in [1.54, 1.807) is 12.1 Å². The summed E-state index contributed by atoms with van der Waals surface area (Å²) < 4.78 is 0. The lowest BCUT2D eigenvalue weighted by Gasteiger charge is -2.36. The van der Waals surface area contributed by atoms with Crippen LogP contribution in [-0.4, -0.2) is 47.8 Å². The summed E-state index contributed by atoms with van der Waals surface area (Å²) >= 11 is 0. The Morgan fingerprint density at radius 2 is 1.85 bits per heavy atom. The summed E-state index contributed by atoms with van der Waals surface area (Å²) in [5.41, 5.74) is 0.757. The van der Waals surface area contributed by atoms with Crippen LogP contribution in [0, 0.1) is 5.92 Å². The number of urea groups is 1. The Morgan fingerprint density at radius 1 is 1.19 bits per heavy atom. The van der Waals surface area contributed by atoms with Crippen LogP contribution >= 0.6 is 0 Å². The predicted molar refractivity (Wildman–Crippen MR) is 105 cm³/mol. The second-order valence-corrected chi connectivity index (χ2v) is 7.58. The van der Waals surface area contributed by atoms with E-state index < -0.39 is 11.6 Å². The molecule has 1 aromatic rings. The average Bonchev–Trinajstić information content (AvgIpc) is 2.90. The van der Waals surface area contributed by atoms with Crippen molar-refractivity contribution in [3.05, 3.63) is 29.8 Å². The van der Waals surface area contributed by atoms with Crippen molar-refractivity contribution in [1.82, 2.24) is 10.2 Å². The summed E-state index contributed by atoms with van der Waals surface area (Å²) in [6.07, 6.45) is 3.57. The molecule has 2 fully saturated rings. The van der Waals surface area contributed by atoms with Crippen LogP contribution in [0.3, 0.4) is 0 Å². The van der Waals surface area contributed by atoms with Crippen molar-refractivity contribution in [2.75, 3.05) is 24.5 Å². The zero-order chi connectivity index (χ0) is 19.6. The van der Waals surface area contributed by atoms with Gasteiger partial charge in [0.15, 0.2) is 5.78 Å². The van der Waals surface area contributed by atoms with E-state index in [0.717, 1.165) is 42.9 Å². The quantitative estimate of drug-likeness (QED) is 0.616. The number of hydrogen-bond acceptors (Lipinski definition) is 4. The molecule has 3 rings (SSSR count). The third-order valence-electron chi connectivity index (χ3n) is 6.12. The molecule has 1 N–H and O–H groups in total. The van der Waals surface area contributed by atoms with Crippen molar-refractivity contribution in [1.29, 1.82) is 0 Å². The number of carbonyl (C=O) groups excluding carboxylic acids is 3. The fourth-order valence-electron chi connectivity index (χ4n) is 4.32. The van der Waals surface area contributed by atoms with Gasteiger partial charge in [-0.1, -0.05) is 19.8 Å². The van der Waals surface area contributed by atoms with Crippen LogP contribution in [0.4, 0.5) is 10.5 Å². The highest BCUT2D eigenvalue weighted by Gasteiger charge is 2.55. The molecule has 6 nitrogen and oxygen atoms in total. The van der Waals surface area contributed by atoms with Crippen molar-refractivity contribution in [2.24, 2.45) is 5.92 Å². The van der Waals surface area contributed by atoms with Crippen LogP contribution in [-0.2, 0) is 4.79 Å². The minimum Gasteiger partial charge on any atom is -0.372 e. The van der Waals surface area contributed by atoms with Gasteiger partial charge in [-0.2, -0.15) is 0 Å². The molecule has 1 saturated carbocycles. The van der Waals surface area contributed by atoms with Gasteiger partial charge in [0.05, 0.1) is 6.54 Å². The van der Waals surface area contributed by atoms with E-state index in [2.05, 4.69) is 24.1 Å². The van der Waals surface area contributed by atoms with Gasteiger partial charge in [-0.3, -0.25) is 14.5 Å². The number of Topliss-reactive ketones (excluding diaryl/α,β-unsaturated/α-hetero) is 1. The molecular weight excluding hydrogens is 342 g/mol. The number of anilines is 1. The summed E-state index contributed by atoms with van der Waals surface area (Å²) in [4.78, 5) is 41.4. The maximum atomic E-state index is 13.0. The van der Waals surface area contributed by atoms with Crippen LogP contribution in [0.5, 0.6) is 0 Å². The normalized spacial score (nSPS) is 25.0. The summed E-state index contributed by atoms with van der Waals surface area (Å²) in [7, 11) is 0. The average molecular weight is 371 g/mol. The summed E-state index contributed by atoms with van der Waals surface area (Å²) in [6.45, 7) is 7.77. The molecule has 2 aliphatic rings. The SMILES string of the molecule is CCN(CC)c1ccc(C(=O)CN2C(=O)N[C@@]3(CCCC[C@H]3C)C2=O)cc1. The van der Waals surface area contributed by atoms with Gasteiger partial charge < -0.3 is 10.2 Å².